The van der Waals surface area contributed by atoms with Gasteiger partial charge in [0.1, 0.15) is 5.82 Å². The molecule has 1 aromatic heterocycles. The molecule has 1 heterocycles. The molecular formula is C37H50FNO2. The SMILES string of the molecule is COC(=O)[C@]12CC[C@@H](C)[C@H](C)[C@H]1C1=CC[C@@H]3[C@@]4(C)Cc5c([nH]c6ccc(F)cc56)C(C)(C)[C@@H]4CC[C@@]3(C)[C@]1(C)CC2. The number of methoxy groups -OCH3 is 1. The van der Waals surface area contributed by atoms with E-state index in [0.717, 1.165) is 49.4 Å². The molecule has 0 radical (unpaired) electrons. The van der Waals surface area contributed by atoms with Crippen LogP contribution >= 0.6 is 0 Å². The summed E-state index contributed by atoms with van der Waals surface area (Å²) >= 11 is 0. The zero-order valence-corrected chi connectivity index (χ0v) is 26.5. The molecule has 9 atom stereocenters. The van der Waals surface area contributed by atoms with Crippen molar-refractivity contribution < 1.29 is 13.9 Å². The first-order chi connectivity index (χ1) is 19.2. The molecule has 2 aromatic rings. The second-order valence-corrected chi connectivity index (χ2v) is 16.4. The Morgan fingerprint density at radius 2 is 1.76 bits per heavy atom. The lowest BCUT2D eigenvalue weighted by Gasteiger charge is -2.70. The van der Waals surface area contributed by atoms with Crippen LogP contribution in [0.4, 0.5) is 4.39 Å². The van der Waals surface area contributed by atoms with Crippen LogP contribution in [0.5, 0.6) is 0 Å². The number of ether oxygens (including phenoxy) is 1. The van der Waals surface area contributed by atoms with Gasteiger partial charge in [0.15, 0.2) is 0 Å². The lowest BCUT2D eigenvalue weighted by atomic mass is 9.33. The standard InChI is InChI=1S/C37H50FNO2/c1-21-13-16-37(32(40)41-8)18-17-35(6)26(30(37)22(21)2)10-12-29-34(5)20-25-24-19-23(38)9-11-27(24)39-31(25)33(3,4)28(34)14-15-36(29,35)7/h9-11,19,21-22,28-30,39H,12-18,20H2,1-8H3/t21-,22+,28+,29-,30+,34+,35-,36-,37+/m1/s1. The van der Waals surface area contributed by atoms with E-state index in [1.165, 1.54) is 24.1 Å². The largest absolute Gasteiger partial charge is 0.469 e. The van der Waals surface area contributed by atoms with E-state index in [9.17, 15) is 9.18 Å². The van der Waals surface area contributed by atoms with Crippen molar-refractivity contribution in [1.29, 1.82) is 0 Å². The van der Waals surface area contributed by atoms with E-state index in [1.807, 2.05) is 6.07 Å². The van der Waals surface area contributed by atoms with Gasteiger partial charge in [0.2, 0.25) is 0 Å². The van der Waals surface area contributed by atoms with Crippen LogP contribution in [-0.2, 0) is 21.4 Å². The number of carbonyl (C=O) groups is 1. The van der Waals surface area contributed by atoms with Crippen LogP contribution in [0, 0.1) is 57.1 Å². The molecule has 3 nitrogen and oxygen atoms in total. The summed E-state index contributed by atoms with van der Waals surface area (Å²) in [4.78, 5) is 17.3. The number of nitrogens with one attached hydrogen (secondary N) is 1. The molecule has 1 N–H and O–H groups in total. The van der Waals surface area contributed by atoms with Crippen molar-refractivity contribution in [2.24, 2.45) is 51.2 Å². The third kappa shape index (κ3) is 3.23. The summed E-state index contributed by atoms with van der Waals surface area (Å²) in [5.41, 5.74) is 5.26. The van der Waals surface area contributed by atoms with Crippen LogP contribution in [-0.4, -0.2) is 18.1 Å². The maximum Gasteiger partial charge on any atom is 0.312 e. The van der Waals surface area contributed by atoms with Crippen LogP contribution in [0.2, 0.25) is 0 Å². The first-order valence-electron chi connectivity index (χ1n) is 16.3. The lowest BCUT2D eigenvalue weighted by molar-refractivity contribution is -0.181. The van der Waals surface area contributed by atoms with E-state index in [0.29, 0.717) is 23.7 Å². The number of rotatable bonds is 1. The Bertz CT molecular complexity index is 1470. The van der Waals surface area contributed by atoms with Gasteiger partial charge in [-0.3, -0.25) is 4.79 Å². The second-order valence-electron chi connectivity index (χ2n) is 16.4. The Balaban J connectivity index is 1.37. The van der Waals surface area contributed by atoms with Gasteiger partial charge >= 0.3 is 5.97 Å². The van der Waals surface area contributed by atoms with Crippen molar-refractivity contribution in [2.45, 2.75) is 105 Å². The summed E-state index contributed by atoms with van der Waals surface area (Å²) in [6.45, 7) is 17.4. The Morgan fingerprint density at radius 3 is 2.49 bits per heavy atom. The summed E-state index contributed by atoms with van der Waals surface area (Å²) < 4.78 is 20.1. The van der Waals surface area contributed by atoms with Crippen molar-refractivity contribution in [3.63, 3.8) is 0 Å². The number of H-pyrrole nitrogens is 1. The highest BCUT2D eigenvalue weighted by Crippen LogP contribution is 2.75. The average molecular weight is 560 g/mol. The maximum atomic E-state index is 14.5. The van der Waals surface area contributed by atoms with Gasteiger partial charge in [-0.05, 0) is 121 Å². The molecule has 0 unspecified atom stereocenters. The molecular weight excluding hydrogens is 509 g/mol. The number of carbonyl (C=O) groups excluding carboxylic acids is 1. The third-order valence-electron chi connectivity index (χ3n) is 14.8. The van der Waals surface area contributed by atoms with Crippen LogP contribution in [0.1, 0.15) is 105 Å². The molecule has 3 fully saturated rings. The fourth-order valence-corrected chi connectivity index (χ4v) is 12.4. The number of halogens is 1. The lowest BCUT2D eigenvalue weighted by Crippen LogP contribution is -2.65. The van der Waals surface area contributed by atoms with Crippen molar-refractivity contribution >= 4 is 16.9 Å². The van der Waals surface area contributed by atoms with Gasteiger partial charge in [-0.1, -0.05) is 60.1 Å². The Labute approximate surface area is 246 Å². The van der Waals surface area contributed by atoms with Crippen LogP contribution in [0.15, 0.2) is 29.8 Å². The summed E-state index contributed by atoms with van der Waals surface area (Å²) in [7, 11) is 1.59. The van der Waals surface area contributed by atoms with Gasteiger partial charge in [-0.25, -0.2) is 4.39 Å². The minimum atomic E-state index is -0.369. The van der Waals surface area contributed by atoms with E-state index < -0.39 is 0 Å². The average Bonchev–Trinajstić information content (AvgIpc) is 3.28. The van der Waals surface area contributed by atoms with E-state index >= 15 is 0 Å². The van der Waals surface area contributed by atoms with Crippen LogP contribution in [0.3, 0.4) is 0 Å². The molecule has 4 heteroatoms. The van der Waals surface area contributed by atoms with Crippen molar-refractivity contribution in [2.75, 3.05) is 7.11 Å². The van der Waals surface area contributed by atoms with Crippen LogP contribution in [0.25, 0.3) is 10.9 Å². The number of allylic oxidation sites excluding steroid dienone is 2. The van der Waals surface area contributed by atoms with E-state index in [2.05, 4.69) is 59.5 Å². The fourth-order valence-electron chi connectivity index (χ4n) is 12.4. The first-order valence-corrected chi connectivity index (χ1v) is 16.3. The molecule has 5 aliphatic carbocycles. The van der Waals surface area contributed by atoms with Gasteiger partial charge in [0.05, 0.1) is 12.5 Å². The van der Waals surface area contributed by atoms with Gasteiger partial charge in [-0.15, -0.1) is 0 Å². The summed E-state index contributed by atoms with van der Waals surface area (Å²) in [6, 6.07) is 5.27. The topological polar surface area (TPSA) is 42.1 Å². The predicted octanol–water partition coefficient (Wildman–Crippen LogP) is 9.15. The number of hydrogen-bond donors (Lipinski definition) is 1. The summed E-state index contributed by atoms with van der Waals surface area (Å²) in [6.07, 6.45) is 11.2. The highest BCUT2D eigenvalue weighted by molar-refractivity contribution is 5.86. The molecule has 0 saturated heterocycles. The van der Waals surface area contributed by atoms with Crippen molar-refractivity contribution in [3.05, 3.63) is 46.9 Å². The maximum absolute atomic E-state index is 14.5. The quantitative estimate of drug-likeness (QED) is 0.280. The molecule has 222 valence electrons. The van der Waals surface area contributed by atoms with Gasteiger partial charge < -0.3 is 9.72 Å². The van der Waals surface area contributed by atoms with Gasteiger partial charge in [0.25, 0.3) is 0 Å². The zero-order valence-electron chi connectivity index (χ0n) is 26.5. The molecule has 3 saturated carbocycles. The van der Waals surface area contributed by atoms with Gasteiger partial charge in [0, 0.05) is 22.0 Å². The summed E-state index contributed by atoms with van der Waals surface area (Å²) in [5, 5.41) is 1.07. The zero-order chi connectivity index (χ0) is 29.3. The minimum absolute atomic E-state index is 0.00995. The molecule has 0 bridgehead atoms. The van der Waals surface area contributed by atoms with Gasteiger partial charge in [-0.2, -0.15) is 0 Å². The first kappa shape index (κ1) is 27.7. The number of hydrogen-bond acceptors (Lipinski definition) is 2. The van der Waals surface area contributed by atoms with E-state index in [1.54, 1.807) is 24.8 Å². The number of aromatic amines is 1. The smallest absolute Gasteiger partial charge is 0.312 e. The number of benzene rings is 1. The fraction of sp³-hybridized carbons (Fsp3) is 0.703. The Morgan fingerprint density at radius 1 is 1.00 bits per heavy atom. The highest BCUT2D eigenvalue weighted by atomic mass is 19.1. The van der Waals surface area contributed by atoms with E-state index in [4.69, 9.17) is 4.74 Å². The molecule has 0 spiro atoms. The number of aromatic nitrogens is 1. The number of esters is 1. The van der Waals surface area contributed by atoms with E-state index in [-0.39, 0.29) is 44.8 Å². The molecule has 0 amide bonds. The Kier molecular flexibility index (Phi) is 5.75. The van der Waals surface area contributed by atoms with Crippen molar-refractivity contribution in [3.8, 4) is 0 Å². The highest BCUT2D eigenvalue weighted by Gasteiger charge is 2.69. The second kappa shape index (κ2) is 8.50. The normalized spacial score (nSPS) is 44.5. The summed E-state index contributed by atoms with van der Waals surface area (Å²) in [5.74, 6) is 2.33. The van der Waals surface area contributed by atoms with Crippen LogP contribution < -0.4 is 0 Å². The Hall–Kier alpha value is -2.10. The molecule has 1 aromatic carbocycles. The monoisotopic (exact) mass is 559 g/mol. The molecule has 5 aliphatic rings. The predicted molar refractivity (Wildman–Crippen MR) is 163 cm³/mol. The third-order valence-corrected chi connectivity index (χ3v) is 14.8. The minimum Gasteiger partial charge on any atom is -0.469 e. The molecule has 7 rings (SSSR count). The molecule has 0 aliphatic heterocycles. The number of fused-ring (bicyclic) bond motifs is 10. The molecule has 41 heavy (non-hydrogen) atoms. The van der Waals surface area contributed by atoms with Crippen molar-refractivity contribution in [1.82, 2.24) is 4.98 Å².